The Morgan fingerprint density at radius 2 is 2.40 bits per heavy atom. The van der Waals surface area contributed by atoms with Crippen molar-refractivity contribution in [2.75, 3.05) is 13.2 Å². The Labute approximate surface area is 59.6 Å². The lowest BCUT2D eigenvalue weighted by Crippen LogP contribution is -2.19. The summed E-state index contributed by atoms with van der Waals surface area (Å²) in [4.78, 5) is 20.0. The van der Waals surface area contributed by atoms with Gasteiger partial charge in [-0.3, -0.25) is 9.59 Å². The van der Waals surface area contributed by atoms with Gasteiger partial charge in [0.2, 0.25) is 0 Å². The van der Waals surface area contributed by atoms with Crippen LogP contribution in [0.2, 0.25) is 0 Å². The fourth-order valence-corrected chi connectivity index (χ4v) is 0.369. The molecule has 0 fully saturated rings. The van der Waals surface area contributed by atoms with Crippen molar-refractivity contribution in [3.63, 3.8) is 0 Å². The van der Waals surface area contributed by atoms with Crippen LogP contribution in [0.25, 0.3) is 0 Å². The molecule has 0 saturated carbocycles. The van der Waals surface area contributed by atoms with E-state index in [0.717, 1.165) is 0 Å². The third kappa shape index (κ3) is 5.08. The van der Waals surface area contributed by atoms with Crippen molar-refractivity contribution < 1.29 is 14.3 Å². The van der Waals surface area contributed by atoms with Gasteiger partial charge in [-0.15, -0.1) is 0 Å². The number of carbonyl (C=O) groups is 1. The molecular formula is C6H10NO3. The quantitative estimate of drug-likeness (QED) is 0.324. The molecule has 0 atom stereocenters. The third-order valence-corrected chi connectivity index (χ3v) is 0.851. The molecule has 10 heavy (non-hydrogen) atoms. The van der Waals surface area contributed by atoms with Crippen LogP contribution in [0, 0.1) is 0 Å². The third-order valence-electron chi connectivity index (χ3n) is 0.851. The van der Waals surface area contributed by atoms with Crippen LogP contribution < -0.4 is 5.32 Å². The maximum absolute atomic E-state index is 10.4. The molecule has 0 unspecified atom stereocenters. The fraction of sp³-hybridized carbons (Fsp3) is 0.667. The van der Waals surface area contributed by atoms with E-state index in [1.54, 1.807) is 6.92 Å². The fourth-order valence-electron chi connectivity index (χ4n) is 0.369. The van der Waals surface area contributed by atoms with Crippen molar-refractivity contribution in [2.45, 2.75) is 13.3 Å². The van der Waals surface area contributed by atoms with Gasteiger partial charge in [0.15, 0.2) is 0 Å². The maximum Gasteiger partial charge on any atom is 0.309 e. The van der Waals surface area contributed by atoms with Gasteiger partial charge < -0.3 is 10.1 Å². The van der Waals surface area contributed by atoms with Crippen LogP contribution in [-0.4, -0.2) is 25.5 Å². The van der Waals surface area contributed by atoms with Gasteiger partial charge in [0, 0.05) is 6.42 Å². The second kappa shape index (κ2) is 6.07. The molecule has 0 spiro atoms. The number of hydrogen-bond donors (Lipinski definition) is 1. The Hall–Kier alpha value is -1.06. The summed E-state index contributed by atoms with van der Waals surface area (Å²) in [5.41, 5.74) is 0. The summed E-state index contributed by atoms with van der Waals surface area (Å²) in [6.45, 7) is 2.26. The van der Waals surface area contributed by atoms with Gasteiger partial charge in [-0.2, -0.15) is 0 Å². The summed E-state index contributed by atoms with van der Waals surface area (Å²) < 4.78 is 4.61. The molecule has 0 aromatic carbocycles. The molecule has 0 aromatic heterocycles. The van der Waals surface area contributed by atoms with E-state index >= 15 is 0 Å². The number of ether oxygens (including phenoxy) is 1. The zero-order chi connectivity index (χ0) is 7.82. The zero-order valence-electron chi connectivity index (χ0n) is 5.85. The summed E-state index contributed by atoms with van der Waals surface area (Å²) in [7, 11) is 0. The van der Waals surface area contributed by atoms with Crippen LogP contribution in [0.5, 0.6) is 0 Å². The van der Waals surface area contributed by atoms with Gasteiger partial charge in [0.1, 0.15) is 6.61 Å². The molecule has 1 radical (unpaired) electrons. The molecular weight excluding hydrogens is 134 g/mol. The lowest BCUT2D eigenvalue weighted by atomic mass is 10.5. The molecule has 57 valence electrons. The first-order valence-corrected chi connectivity index (χ1v) is 3.07. The number of rotatable bonds is 5. The Balaban J connectivity index is 3.03. The highest BCUT2D eigenvalue weighted by Crippen LogP contribution is 1.81. The largest absolute Gasteiger partial charge is 0.464 e. The monoisotopic (exact) mass is 144 g/mol. The minimum atomic E-state index is -0.257. The predicted molar refractivity (Wildman–Crippen MR) is 34.9 cm³/mol. The Morgan fingerprint density at radius 1 is 1.70 bits per heavy atom. The maximum atomic E-state index is 10.4. The van der Waals surface area contributed by atoms with Gasteiger partial charge in [0.25, 0.3) is 0 Å². The molecule has 0 heterocycles. The smallest absolute Gasteiger partial charge is 0.309 e. The molecule has 0 aliphatic carbocycles. The molecule has 4 nitrogen and oxygen atoms in total. The van der Waals surface area contributed by atoms with Crippen molar-refractivity contribution in [1.29, 1.82) is 0 Å². The van der Waals surface area contributed by atoms with Gasteiger partial charge in [-0.25, -0.2) is 0 Å². The van der Waals surface area contributed by atoms with Crippen LogP contribution in [0.15, 0.2) is 0 Å². The van der Waals surface area contributed by atoms with Crippen molar-refractivity contribution in [3.05, 3.63) is 0 Å². The van der Waals surface area contributed by atoms with Crippen LogP contribution in [0.3, 0.4) is 0 Å². The van der Waals surface area contributed by atoms with Crippen molar-refractivity contribution in [2.24, 2.45) is 0 Å². The summed E-state index contributed by atoms with van der Waals surface area (Å²) >= 11 is 0. The van der Waals surface area contributed by atoms with E-state index in [9.17, 15) is 9.59 Å². The van der Waals surface area contributed by atoms with E-state index in [2.05, 4.69) is 10.1 Å². The number of carbonyl (C=O) groups excluding carboxylic acids is 2. The van der Waals surface area contributed by atoms with E-state index in [0.29, 0.717) is 13.0 Å². The molecule has 0 saturated heterocycles. The molecule has 0 bridgehead atoms. The van der Waals surface area contributed by atoms with E-state index in [1.807, 2.05) is 0 Å². The number of amides is 1. The van der Waals surface area contributed by atoms with Crippen molar-refractivity contribution >= 4 is 12.4 Å². The average molecular weight is 144 g/mol. The van der Waals surface area contributed by atoms with Gasteiger partial charge in [0.05, 0.1) is 6.54 Å². The second-order valence-electron chi connectivity index (χ2n) is 1.60. The summed E-state index contributed by atoms with van der Waals surface area (Å²) in [5.74, 6) is -0.257. The van der Waals surface area contributed by atoms with E-state index in [4.69, 9.17) is 0 Å². The van der Waals surface area contributed by atoms with Crippen LogP contribution in [0.1, 0.15) is 13.3 Å². The highest BCUT2D eigenvalue weighted by atomic mass is 16.5. The molecule has 0 aliphatic heterocycles. The molecule has 0 aliphatic rings. The second-order valence-corrected chi connectivity index (χ2v) is 1.60. The van der Waals surface area contributed by atoms with Crippen LogP contribution in [0.4, 0.5) is 0 Å². The molecule has 4 heteroatoms. The normalized spacial score (nSPS) is 8.50. The van der Waals surface area contributed by atoms with E-state index in [-0.39, 0.29) is 12.6 Å². The van der Waals surface area contributed by atoms with Crippen molar-refractivity contribution in [1.82, 2.24) is 5.32 Å². The Morgan fingerprint density at radius 3 is 2.90 bits per heavy atom. The first kappa shape index (κ1) is 8.94. The van der Waals surface area contributed by atoms with Gasteiger partial charge in [-0.05, 0) is 0 Å². The summed E-state index contributed by atoms with van der Waals surface area (Å²) in [6.07, 6.45) is 1.83. The SMILES string of the molecule is CCC(=O)OCCN[C]=O. The number of nitrogens with one attached hydrogen (secondary N) is 1. The lowest BCUT2D eigenvalue weighted by molar-refractivity contribution is -0.143. The van der Waals surface area contributed by atoms with Crippen LogP contribution in [-0.2, 0) is 14.3 Å². The molecule has 1 amide bonds. The first-order valence-electron chi connectivity index (χ1n) is 3.07. The average Bonchev–Trinajstić information content (AvgIpc) is 1.98. The minimum absolute atomic E-state index is 0.224. The lowest BCUT2D eigenvalue weighted by Gasteiger charge is -1.99. The molecule has 0 rings (SSSR count). The standard InChI is InChI=1S/C6H10NO3/c1-2-6(9)10-4-3-7-5-8/h2-4H2,1H3,(H,7,8). The van der Waals surface area contributed by atoms with E-state index in [1.165, 1.54) is 6.41 Å². The number of hydrogen-bond acceptors (Lipinski definition) is 3. The Bertz CT molecular complexity index is 114. The van der Waals surface area contributed by atoms with Crippen molar-refractivity contribution in [3.8, 4) is 0 Å². The van der Waals surface area contributed by atoms with Gasteiger partial charge >= 0.3 is 12.4 Å². The van der Waals surface area contributed by atoms with Gasteiger partial charge in [-0.1, -0.05) is 6.92 Å². The predicted octanol–water partition coefficient (Wildman–Crippen LogP) is -0.404. The topological polar surface area (TPSA) is 55.4 Å². The highest BCUT2D eigenvalue weighted by Gasteiger charge is 1.95. The molecule has 0 aromatic rings. The summed E-state index contributed by atoms with van der Waals surface area (Å²) in [5, 5.41) is 2.24. The zero-order valence-corrected chi connectivity index (χ0v) is 5.85. The summed E-state index contributed by atoms with van der Waals surface area (Å²) in [6, 6.07) is 0. The highest BCUT2D eigenvalue weighted by molar-refractivity contribution is 5.68. The Kier molecular flexibility index (Phi) is 5.42. The minimum Gasteiger partial charge on any atom is -0.464 e. The van der Waals surface area contributed by atoms with E-state index < -0.39 is 0 Å². The first-order chi connectivity index (χ1) is 4.81. The van der Waals surface area contributed by atoms with Crippen LogP contribution >= 0.6 is 0 Å². The number of esters is 1. The molecule has 1 N–H and O–H groups in total.